The van der Waals surface area contributed by atoms with E-state index >= 15 is 8.78 Å². The van der Waals surface area contributed by atoms with Gasteiger partial charge in [-0.25, -0.2) is 8.78 Å². The van der Waals surface area contributed by atoms with Gasteiger partial charge in [-0.2, -0.15) is 5.26 Å². The first-order valence-corrected chi connectivity index (χ1v) is 13.5. The number of rotatable bonds is 6. The Balaban J connectivity index is 2.03. The number of nitrogens with zero attached hydrogens (tertiary/aromatic N) is 2. The van der Waals surface area contributed by atoms with E-state index in [4.69, 9.17) is 32.7 Å². The molecule has 0 saturated carbocycles. The van der Waals surface area contributed by atoms with Crippen LogP contribution in [0, 0.1) is 23.0 Å². The molecule has 0 aromatic heterocycles. The minimum atomic E-state index is -1.74. The van der Waals surface area contributed by atoms with Crippen LogP contribution in [0.15, 0.2) is 60.7 Å². The molecule has 0 amide bonds. The second-order valence-electron chi connectivity index (χ2n) is 10.9. The molecule has 0 aliphatic carbocycles. The first kappa shape index (κ1) is 29.8. The Morgan fingerprint density at radius 3 is 2.42 bits per heavy atom. The molecule has 1 heterocycles. The van der Waals surface area contributed by atoms with Gasteiger partial charge in [0.05, 0.1) is 18.2 Å². The average molecular weight is 587 g/mol. The molecule has 1 aliphatic heterocycles. The number of esters is 1. The van der Waals surface area contributed by atoms with Crippen molar-refractivity contribution in [3.8, 4) is 11.8 Å². The zero-order valence-electron chi connectivity index (χ0n) is 22.8. The summed E-state index contributed by atoms with van der Waals surface area (Å²) >= 11 is 12.3. The zero-order chi connectivity index (χ0) is 29.4. The number of ether oxygens (including phenoxy) is 2. The van der Waals surface area contributed by atoms with Gasteiger partial charge in [-0.15, -0.1) is 0 Å². The van der Waals surface area contributed by atoms with E-state index in [1.165, 1.54) is 24.3 Å². The van der Waals surface area contributed by atoms with E-state index in [2.05, 4.69) is 6.07 Å². The molecule has 40 heavy (non-hydrogen) atoms. The second-order valence-corrected chi connectivity index (χ2v) is 11.7. The van der Waals surface area contributed by atoms with Crippen LogP contribution >= 0.6 is 23.2 Å². The molecule has 3 aromatic rings. The SMILES string of the molecule is COc1cccc(CN2C(C(=O)OC(C)(C)C)[C@H](c3cccc(Cl)c3F)[C@@](C#N)(c3ccc(Cl)cc3F)C2C)c1. The monoisotopic (exact) mass is 586 g/mol. The maximum Gasteiger partial charge on any atom is 0.324 e. The molecule has 210 valence electrons. The largest absolute Gasteiger partial charge is 0.497 e. The quantitative estimate of drug-likeness (QED) is 0.281. The van der Waals surface area contributed by atoms with E-state index in [9.17, 15) is 10.1 Å². The summed E-state index contributed by atoms with van der Waals surface area (Å²) in [7, 11) is 1.54. The highest BCUT2D eigenvalue weighted by Gasteiger charge is 2.63. The number of carbonyl (C=O) groups excluding carboxylic acids is 1. The normalized spacial score (nSPS) is 23.1. The highest BCUT2D eigenvalue weighted by molar-refractivity contribution is 6.31. The van der Waals surface area contributed by atoms with Gasteiger partial charge in [0.1, 0.15) is 34.4 Å². The van der Waals surface area contributed by atoms with Crippen LogP contribution in [0.3, 0.4) is 0 Å². The van der Waals surface area contributed by atoms with Crippen molar-refractivity contribution in [3.05, 3.63) is 99.0 Å². The van der Waals surface area contributed by atoms with Crippen molar-refractivity contribution in [2.45, 2.75) is 63.3 Å². The smallest absolute Gasteiger partial charge is 0.324 e. The summed E-state index contributed by atoms with van der Waals surface area (Å²) in [5.41, 5.74) is -1.84. The molecule has 0 bridgehead atoms. The van der Waals surface area contributed by atoms with Gasteiger partial charge in [0.15, 0.2) is 0 Å². The Bertz CT molecular complexity index is 1470. The van der Waals surface area contributed by atoms with Crippen LogP contribution in [-0.2, 0) is 21.5 Å². The molecule has 3 aromatic carbocycles. The Morgan fingerprint density at radius 2 is 1.80 bits per heavy atom. The fourth-order valence-electron chi connectivity index (χ4n) is 5.67. The predicted octanol–water partition coefficient (Wildman–Crippen LogP) is 7.44. The highest BCUT2D eigenvalue weighted by Crippen LogP contribution is 2.55. The lowest BCUT2D eigenvalue weighted by Crippen LogP contribution is -2.44. The molecule has 0 N–H and O–H groups in total. The van der Waals surface area contributed by atoms with Crippen molar-refractivity contribution in [1.29, 1.82) is 5.26 Å². The number of nitriles is 1. The minimum Gasteiger partial charge on any atom is -0.497 e. The third kappa shape index (κ3) is 5.41. The van der Waals surface area contributed by atoms with Gasteiger partial charge in [-0.05, 0) is 69.2 Å². The number of carbonyl (C=O) groups is 1. The van der Waals surface area contributed by atoms with Gasteiger partial charge in [0.2, 0.25) is 0 Å². The van der Waals surface area contributed by atoms with E-state index in [0.29, 0.717) is 5.75 Å². The van der Waals surface area contributed by atoms with Crippen LogP contribution in [0.1, 0.15) is 50.3 Å². The predicted molar refractivity (Wildman–Crippen MR) is 150 cm³/mol. The van der Waals surface area contributed by atoms with Crippen LogP contribution in [0.2, 0.25) is 10.0 Å². The number of hydrogen-bond acceptors (Lipinski definition) is 5. The second kappa shape index (κ2) is 11.4. The molecule has 1 fully saturated rings. The number of halogens is 4. The van der Waals surface area contributed by atoms with Crippen LogP contribution < -0.4 is 4.74 Å². The van der Waals surface area contributed by atoms with E-state index in [0.717, 1.165) is 11.6 Å². The molecule has 2 unspecified atom stereocenters. The first-order chi connectivity index (χ1) is 18.8. The van der Waals surface area contributed by atoms with Crippen molar-refractivity contribution < 1.29 is 23.0 Å². The summed E-state index contributed by atoms with van der Waals surface area (Å²) in [5.74, 6) is -2.78. The number of benzene rings is 3. The summed E-state index contributed by atoms with van der Waals surface area (Å²) in [4.78, 5) is 15.8. The van der Waals surface area contributed by atoms with Crippen LogP contribution in [-0.4, -0.2) is 35.7 Å². The van der Waals surface area contributed by atoms with Gasteiger partial charge in [-0.1, -0.05) is 53.5 Å². The van der Waals surface area contributed by atoms with E-state index < -0.39 is 46.6 Å². The molecule has 0 spiro atoms. The van der Waals surface area contributed by atoms with Gasteiger partial charge >= 0.3 is 5.97 Å². The van der Waals surface area contributed by atoms with Crippen LogP contribution in [0.5, 0.6) is 5.75 Å². The van der Waals surface area contributed by atoms with Gasteiger partial charge in [0, 0.05) is 29.1 Å². The van der Waals surface area contributed by atoms with Crippen molar-refractivity contribution in [2.24, 2.45) is 0 Å². The molecule has 1 saturated heterocycles. The third-order valence-electron chi connectivity index (χ3n) is 7.35. The van der Waals surface area contributed by atoms with E-state index in [1.807, 2.05) is 18.2 Å². The Hall–Kier alpha value is -3.18. The van der Waals surface area contributed by atoms with Crippen molar-refractivity contribution in [2.75, 3.05) is 7.11 Å². The topological polar surface area (TPSA) is 62.6 Å². The molecular weight excluding hydrogens is 557 g/mol. The van der Waals surface area contributed by atoms with Crippen molar-refractivity contribution in [1.82, 2.24) is 4.90 Å². The average Bonchev–Trinajstić information content (AvgIpc) is 3.13. The highest BCUT2D eigenvalue weighted by atomic mass is 35.5. The van der Waals surface area contributed by atoms with E-state index in [1.54, 1.807) is 51.8 Å². The maximum absolute atomic E-state index is 15.8. The molecule has 4 rings (SSSR count). The zero-order valence-corrected chi connectivity index (χ0v) is 24.4. The summed E-state index contributed by atoms with van der Waals surface area (Å²) in [6, 6.07) is 16.0. The van der Waals surface area contributed by atoms with Crippen molar-refractivity contribution >= 4 is 29.2 Å². The first-order valence-electron chi connectivity index (χ1n) is 12.8. The Morgan fingerprint density at radius 1 is 1.10 bits per heavy atom. The number of hydrogen-bond donors (Lipinski definition) is 0. The summed E-state index contributed by atoms with van der Waals surface area (Å²) < 4.78 is 42.8. The molecule has 0 radical (unpaired) electrons. The molecule has 5 nitrogen and oxygen atoms in total. The number of methoxy groups -OCH3 is 1. The minimum absolute atomic E-state index is 0.00187. The van der Waals surface area contributed by atoms with Gasteiger partial charge in [-0.3, -0.25) is 9.69 Å². The van der Waals surface area contributed by atoms with E-state index in [-0.39, 0.29) is 27.7 Å². The van der Waals surface area contributed by atoms with Gasteiger partial charge in [0.25, 0.3) is 0 Å². The Labute approximate surface area is 243 Å². The number of likely N-dealkylation sites (tertiary alicyclic amines) is 1. The maximum atomic E-state index is 15.8. The van der Waals surface area contributed by atoms with Crippen LogP contribution in [0.25, 0.3) is 0 Å². The molecular formula is C31H30Cl2F2N2O3. The Kier molecular flexibility index (Phi) is 8.46. The lowest BCUT2D eigenvalue weighted by atomic mass is 9.65. The lowest BCUT2D eigenvalue weighted by molar-refractivity contribution is -0.161. The summed E-state index contributed by atoms with van der Waals surface area (Å²) in [6.45, 7) is 7.07. The summed E-state index contributed by atoms with van der Waals surface area (Å²) in [5, 5.41) is 10.9. The van der Waals surface area contributed by atoms with Crippen LogP contribution in [0.4, 0.5) is 8.78 Å². The standard InChI is InChI=1S/C31H30Cl2F2N2O3/c1-18-31(17-36,23-13-12-20(32)15-25(23)34)26(22-10-7-11-24(33)27(22)35)28(29(38)40-30(2,3)4)37(18)16-19-8-6-9-21(14-19)39-5/h6-15,18,26,28H,16H2,1-5H3/t18?,26-,28?,31+/m0/s1. The third-order valence-corrected chi connectivity index (χ3v) is 7.87. The summed E-state index contributed by atoms with van der Waals surface area (Å²) in [6.07, 6.45) is 0. The fourth-order valence-corrected chi connectivity index (χ4v) is 6.01. The fraction of sp³-hybridized carbons (Fsp3) is 0.355. The van der Waals surface area contributed by atoms with Gasteiger partial charge < -0.3 is 9.47 Å². The van der Waals surface area contributed by atoms with Crippen molar-refractivity contribution in [3.63, 3.8) is 0 Å². The molecule has 1 aliphatic rings. The molecule has 4 atom stereocenters. The lowest BCUT2D eigenvalue weighted by Gasteiger charge is -2.34. The molecule has 9 heteroatoms.